The molecule has 3 aromatic carbocycles. The number of amides is 2. The summed E-state index contributed by atoms with van der Waals surface area (Å²) in [6, 6.07) is 23.8. The number of thiophene rings is 1. The summed E-state index contributed by atoms with van der Waals surface area (Å²) in [7, 11) is 2.87. The van der Waals surface area contributed by atoms with Gasteiger partial charge in [0.2, 0.25) is 5.91 Å². The lowest BCUT2D eigenvalue weighted by molar-refractivity contribution is -0.146. The average molecular weight is 573 g/mol. The zero-order chi connectivity index (χ0) is 28.9. The standard InChI is InChI=1S/C32H29FN2O5S/c1-39-24-16-12-22(13-17-24)28-27(32(38)40-2)26(21-7-4-3-5-8-21)29(35(28)31(37)25-9-6-18-41-25)30(36)34-19-20-10-14-23(33)15-11-20/h3-18,26-29H,19H2,1-2H3,(H,34,36). The van der Waals surface area contributed by atoms with Crippen LogP contribution < -0.4 is 10.1 Å². The first-order valence-electron chi connectivity index (χ1n) is 13.1. The van der Waals surface area contributed by atoms with Crippen molar-refractivity contribution in [3.8, 4) is 5.75 Å². The number of likely N-dealkylation sites (tertiary alicyclic amines) is 1. The van der Waals surface area contributed by atoms with Gasteiger partial charge in [0.25, 0.3) is 5.91 Å². The number of benzene rings is 3. The van der Waals surface area contributed by atoms with Crippen LogP contribution in [-0.2, 0) is 20.9 Å². The van der Waals surface area contributed by atoms with E-state index in [4.69, 9.17) is 9.47 Å². The summed E-state index contributed by atoms with van der Waals surface area (Å²) in [5.41, 5.74) is 2.09. The molecule has 2 heterocycles. The summed E-state index contributed by atoms with van der Waals surface area (Å²) in [6.07, 6.45) is 0. The third-order valence-corrected chi connectivity index (χ3v) is 8.25. The monoisotopic (exact) mass is 572 g/mol. The minimum absolute atomic E-state index is 0.119. The number of methoxy groups -OCH3 is 2. The lowest BCUT2D eigenvalue weighted by Crippen LogP contribution is -2.48. The Kier molecular flexibility index (Phi) is 8.45. The van der Waals surface area contributed by atoms with Crippen LogP contribution in [0.2, 0.25) is 0 Å². The molecule has 1 N–H and O–H groups in total. The van der Waals surface area contributed by atoms with E-state index in [2.05, 4.69) is 5.32 Å². The van der Waals surface area contributed by atoms with Gasteiger partial charge in [-0.1, -0.05) is 60.7 Å². The Bertz CT molecular complexity index is 1490. The van der Waals surface area contributed by atoms with E-state index in [1.54, 1.807) is 61.0 Å². The van der Waals surface area contributed by atoms with Crippen LogP contribution in [0.1, 0.15) is 38.3 Å². The molecule has 4 aromatic rings. The molecule has 7 nitrogen and oxygen atoms in total. The molecule has 0 aliphatic carbocycles. The van der Waals surface area contributed by atoms with Gasteiger partial charge in [-0.25, -0.2) is 4.39 Å². The van der Waals surface area contributed by atoms with Gasteiger partial charge in [0.15, 0.2) is 0 Å². The van der Waals surface area contributed by atoms with Crippen LogP contribution in [0.15, 0.2) is 96.4 Å². The summed E-state index contributed by atoms with van der Waals surface area (Å²) < 4.78 is 24.1. The molecular weight excluding hydrogens is 543 g/mol. The first-order chi connectivity index (χ1) is 19.9. The van der Waals surface area contributed by atoms with Gasteiger partial charge in [-0.15, -0.1) is 11.3 Å². The molecule has 2 amide bonds. The van der Waals surface area contributed by atoms with Crippen molar-refractivity contribution < 1.29 is 28.2 Å². The van der Waals surface area contributed by atoms with E-state index in [1.807, 2.05) is 30.3 Å². The Balaban J connectivity index is 1.65. The van der Waals surface area contributed by atoms with Gasteiger partial charge in [0, 0.05) is 12.5 Å². The van der Waals surface area contributed by atoms with Gasteiger partial charge in [-0.2, -0.15) is 0 Å². The van der Waals surface area contributed by atoms with E-state index in [0.29, 0.717) is 21.8 Å². The highest BCUT2D eigenvalue weighted by Gasteiger charge is 2.58. The number of halogens is 1. The van der Waals surface area contributed by atoms with Crippen molar-refractivity contribution in [2.24, 2.45) is 5.92 Å². The maximum atomic E-state index is 14.2. The largest absolute Gasteiger partial charge is 0.497 e. The van der Waals surface area contributed by atoms with Gasteiger partial charge in [-0.05, 0) is 52.4 Å². The minimum Gasteiger partial charge on any atom is -0.497 e. The summed E-state index contributed by atoms with van der Waals surface area (Å²) >= 11 is 1.26. The van der Waals surface area contributed by atoms with Crippen LogP contribution in [0, 0.1) is 11.7 Å². The highest BCUT2D eigenvalue weighted by Crippen LogP contribution is 2.51. The molecule has 1 aliphatic rings. The number of carbonyl (C=O) groups excluding carboxylic acids is 3. The fourth-order valence-electron chi connectivity index (χ4n) is 5.52. The molecule has 4 unspecified atom stereocenters. The number of nitrogens with one attached hydrogen (secondary N) is 1. The predicted molar refractivity (Wildman–Crippen MR) is 153 cm³/mol. The number of hydrogen-bond acceptors (Lipinski definition) is 6. The fraction of sp³-hybridized carbons (Fsp3) is 0.219. The maximum Gasteiger partial charge on any atom is 0.311 e. The van der Waals surface area contributed by atoms with Crippen molar-refractivity contribution in [2.75, 3.05) is 14.2 Å². The zero-order valence-electron chi connectivity index (χ0n) is 22.5. The number of rotatable bonds is 8. The number of ether oxygens (including phenoxy) is 2. The third kappa shape index (κ3) is 5.71. The van der Waals surface area contributed by atoms with Crippen LogP contribution in [0.4, 0.5) is 4.39 Å². The second-order valence-corrected chi connectivity index (χ2v) is 10.6. The molecule has 210 valence electrons. The average Bonchev–Trinajstić information content (AvgIpc) is 3.68. The first-order valence-corrected chi connectivity index (χ1v) is 14.0. The zero-order valence-corrected chi connectivity index (χ0v) is 23.3. The quantitative estimate of drug-likeness (QED) is 0.288. The molecule has 1 fully saturated rings. The molecule has 0 spiro atoms. The molecule has 0 radical (unpaired) electrons. The van der Waals surface area contributed by atoms with Gasteiger partial charge in [-0.3, -0.25) is 14.4 Å². The Hall–Kier alpha value is -4.50. The first kappa shape index (κ1) is 28.0. The van der Waals surface area contributed by atoms with Crippen LogP contribution in [0.25, 0.3) is 0 Å². The Morgan fingerprint density at radius 1 is 0.878 bits per heavy atom. The number of esters is 1. The second-order valence-electron chi connectivity index (χ2n) is 9.68. The van der Waals surface area contributed by atoms with Crippen molar-refractivity contribution in [3.05, 3.63) is 124 Å². The SMILES string of the molecule is COC(=O)C1C(c2ccccc2)C(C(=O)NCc2ccc(F)cc2)N(C(=O)c2cccs2)C1c1ccc(OC)cc1. The van der Waals surface area contributed by atoms with Gasteiger partial charge < -0.3 is 19.7 Å². The second kappa shape index (κ2) is 12.3. The minimum atomic E-state index is -1.05. The topological polar surface area (TPSA) is 84.9 Å². The van der Waals surface area contributed by atoms with Crippen molar-refractivity contribution in [3.63, 3.8) is 0 Å². The Morgan fingerprint density at radius 2 is 1.59 bits per heavy atom. The number of carbonyl (C=O) groups is 3. The fourth-order valence-corrected chi connectivity index (χ4v) is 6.19. The van der Waals surface area contributed by atoms with E-state index in [9.17, 15) is 18.8 Å². The molecule has 1 aliphatic heterocycles. The van der Waals surface area contributed by atoms with Crippen molar-refractivity contribution >= 4 is 29.1 Å². The van der Waals surface area contributed by atoms with E-state index in [-0.39, 0.29) is 18.3 Å². The Morgan fingerprint density at radius 3 is 2.20 bits per heavy atom. The smallest absolute Gasteiger partial charge is 0.311 e. The lowest BCUT2D eigenvalue weighted by atomic mass is 9.79. The number of nitrogens with zero attached hydrogens (tertiary/aromatic N) is 1. The summed E-state index contributed by atoms with van der Waals surface area (Å²) in [5.74, 6) is -2.69. The highest BCUT2D eigenvalue weighted by molar-refractivity contribution is 7.12. The van der Waals surface area contributed by atoms with Crippen LogP contribution in [0.3, 0.4) is 0 Å². The van der Waals surface area contributed by atoms with Crippen LogP contribution in [-0.4, -0.2) is 42.9 Å². The van der Waals surface area contributed by atoms with E-state index >= 15 is 0 Å². The lowest BCUT2D eigenvalue weighted by Gasteiger charge is -2.31. The maximum absolute atomic E-state index is 14.2. The Labute approximate surface area is 241 Å². The molecular formula is C32H29FN2O5S. The van der Waals surface area contributed by atoms with Crippen molar-refractivity contribution in [2.45, 2.75) is 24.5 Å². The molecule has 9 heteroatoms. The van der Waals surface area contributed by atoms with E-state index < -0.39 is 35.8 Å². The van der Waals surface area contributed by atoms with E-state index in [0.717, 1.165) is 5.56 Å². The molecule has 0 saturated carbocycles. The summed E-state index contributed by atoms with van der Waals surface area (Å²) in [5, 5.41) is 4.73. The molecule has 0 bridgehead atoms. The van der Waals surface area contributed by atoms with Gasteiger partial charge >= 0.3 is 5.97 Å². The molecule has 1 saturated heterocycles. The van der Waals surface area contributed by atoms with Crippen molar-refractivity contribution in [1.29, 1.82) is 0 Å². The summed E-state index contributed by atoms with van der Waals surface area (Å²) in [6.45, 7) is 0.119. The molecule has 1 aromatic heterocycles. The third-order valence-electron chi connectivity index (χ3n) is 7.40. The predicted octanol–water partition coefficient (Wildman–Crippen LogP) is 5.35. The van der Waals surface area contributed by atoms with Gasteiger partial charge in [0.1, 0.15) is 17.6 Å². The normalized spacial score (nSPS) is 19.9. The van der Waals surface area contributed by atoms with Crippen LogP contribution in [0.5, 0.6) is 5.75 Å². The highest BCUT2D eigenvalue weighted by atomic mass is 32.1. The molecule has 5 rings (SSSR count). The van der Waals surface area contributed by atoms with Gasteiger partial charge in [0.05, 0.1) is 31.1 Å². The van der Waals surface area contributed by atoms with Crippen LogP contribution >= 0.6 is 11.3 Å². The number of hydrogen-bond donors (Lipinski definition) is 1. The summed E-state index contributed by atoms with van der Waals surface area (Å²) in [4.78, 5) is 43.9. The van der Waals surface area contributed by atoms with E-state index in [1.165, 1.54) is 35.5 Å². The van der Waals surface area contributed by atoms with Crippen molar-refractivity contribution in [1.82, 2.24) is 10.2 Å². The molecule has 4 atom stereocenters. The molecule has 41 heavy (non-hydrogen) atoms.